The lowest BCUT2D eigenvalue weighted by atomic mass is 10.0. The summed E-state index contributed by atoms with van der Waals surface area (Å²) in [5.41, 5.74) is 9.69. The van der Waals surface area contributed by atoms with Crippen molar-refractivity contribution in [3.8, 4) is 22.4 Å². The number of hydrogen-bond acceptors (Lipinski definition) is 2. The average molecular weight is 318 g/mol. The third kappa shape index (κ3) is 2.62. The van der Waals surface area contributed by atoms with Crippen LogP contribution in [0.3, 0.4) is 0 Å². The normalized spacial score (nSPS) is 10.8. The summed E-state index contributed by atoms with van der Waals surface area (Å²) in [5, 5.41) is 5.65. The number of rotatable bonds is 2. The van der Waals surface area contributed by atoms with Crippen molar-refractivity contribution in [1.29, 1.82) is 0 Å². The quantitative estimate of drug-likeness (QED) is 0.748. The Hall–Kier alpha value is -1.97. The van der Waals surface area contributed by atoms with E-state index in [4.69, 9.17) is 28.9 Å². The fourth-order valence-corrected chi connectivity index (χ4v) is 2.85. The van der Waals surface area contributed by atoms with Crippen LogP contribution in [-0.2, 0) is 7.05 Å². The molecular formula is C16H13Cl2N3. The molecule has 3 nitrogen and oxygen atoms in total. The lowest BCUT2D eigenvalue weighted by Crippen LogP contribution is -1.97. The summed E-state index contributed by atoms with van der Waals surface area (Å²) in [4.78, 5) is 0. The van der Waals surface area contributed by atoms with Crippen LogP contribution < -0.4 is 5.73 Å². The standard InChI is InChI=1S/C16H13Cl2N3/c1-21-16(19)14(10-5-3-2-4-6-10)15(20-21)11-7-12(17)9-13(18)8-11/h2-9H,19H2,1H3. The molecule has 0 aliphatic carbocycles. The highest BCUT2D eigenvalue weighted by molar-refractivity contribution is 6.35. The van der Waals surface area contributed by atoms with Crippen molar-refractivity contribution < 1.29 is 0 Å². The van der Waals surface area contributed by atoms with Crippen LogP contribution in [0.4, 0.5) is 5.82 Å². The van der Waals surface area contributed by atoms with Gasteiger partial charge in [-0.3, -0.25) is 4.68 Å². The molecule has 2 aromatic carbocycles. The number of aryl methyl sites for hydroxylation is 1. The molecule has 2 N–H and O–H groups in total. The minimum Gasteiger partial charge on any atom is -0.383 e. The van der Waals surface area contributed by atoms with Gasteiger partial charge in [-0.05, 0) is 23.8 Å². The van der Waals surface area contributed by atoms with Crippen molar-refractivity contribution in [1.82, 2.24) is 9.78 Å². The molecule has 5 heteroatoms. The topological polar surface area (TPSA) is 43.8 Å². The molecular weight excluding hydrogens is 305 g/mol. The molecule has 0 atom stereocenters. The molecule has 0 spiro atoms. The molecule has 21 heavy (non-hydrogen) atoms. The first-order valence-electron chi connectivity index (χ1n) is 6.40. The highest BCUT2D eigenvalue weighted by atomic mass is 35.5. The fraction of sp³-hybridized carbons (Fsp3) is 0.0625. The lowest BCUT2D eigenvalue weighted by molar-refractivity contribution is 0.782. The van der Waals surface area contributed by atoms with E-state index in [9.17, 15) is 0 Å². The molecule has 0 aliphatic rings. The zero-order chi connectivity index (χ0) is 15.0. The lowest BCUT2D eigenvalue weighted by Gasteiger charge is -2.05. The molecule has 1 aromatic heterocycles. The van der Waals surface area contributed by atoms with Crippen LogP contribution in [0.15, 0.2) is 48.5 Å². The number of anilines is 1. The Morgan fingerprint density at radius 2 is 1.57 bits per heavy atom. The second kappa shape index (κ2) is 5.43. The van der Waals surface area contributed by atoms with Gasteiger partial charge in [0.2, 0.25) is 0 Å². The van der Waals surface area contributed by atoms with Gasteiger partial charge in [-0.2, -0.15) is 5.10 Å². The molecule has 0 saturated carbocycles. The second-order valence-electron chi connectivity index (χ2n) is 4.76. The number of halogens is 2. The minimum atomic E-state index is 0.570. The molecule has 0 radical (unpaired) electrons. The van der Waals surface area contributed by atoms with E-state index < -0.39 is 0 Å². The molecule has 0 fully saturated rings. The van der Waals surface area contributed by atoms with E-state index >= 15 is 0 Å². The zero-order valence-corrected chi connectivity index (χ0v) is 12.9. The van der Waals surface area contributed by atoms with Crippen molar-refractivity contribution in [2.75, 3.05) is 5.73 Å². The van der Waals surface area contributed by atoms with Crippen molar-refractivity contribution in [2.24, 2.45) is 7.05 Å². The van der Waals surface area contributed by atoms with Gasteiger partial charge in [-0.25, -0.2) is 0 Å². The molecule has 0 saturated heterocycles. The van der Waals surface area contributed by atoms with Crippen molar-refractivity contribution in [2.45, 2.75) is 0 Å². The predicted molar refractivity (Wildman–Crippen MR) is 88.5 cm³/mol. The van der Waals surface area contributed by atoms with Crippen molar-refractivity contribution >= 4 is 29.0 Å². The maximum atomic E-state index is 6.18. The number of benzene rings is 2. The Balaban J connectivity index is 2.26. The van der Waals surface area contributed by atoms with Gasteiger partial charge in [0, 0.05) is 22.7 Å². The van der Waals surface area contributed by atoms with E-state index in [0.717, 1.165) is 22.4 Å². The van der Waals surface area contributed by atoms with Crippen LogP contribution in [0.25, 0.3) is 22.4 Å². The SMILES string of the molecule is Cn1nc(-c2cc(Cl)cc(Cl)c2)c(-c2ccccc2)c1N. The number of nitrogens with two attached hydrogens (primary N) is 1. The van der Waals surface area contributed by atoms with E-state index in [1.54, 1.807) is 10.7 Å². The van der Waals surface area contributed by atoms with Gasteiger partial charge in [0.15, 0.2) is 0 Å². The Morgan fingerprint density at radius 1 is 0.952 bits per heavy atom. The van der Waals surface area contributed by atoms with Gasteiger partial charge < -0.3 is 5.73 Å². The molecule has 106 valence electrons. The Kier molecular flexibility index (Phi) is 3.62. The van der Waals surface area contributed by atoms with Crippen LogP contribution in [0.1, 0.15) is 0 Å². The summed E-state index contributed by atoms with van der Waals surface area (Å²) in [7, 11) is 1.82. The maximum absolute atomic E-state index is 6.18. The molecule has 1 heterocycles. The van der Waals surface area contributed by atoms with Gasteiger partial charge in [0.1, 0.15) is 11.5 Å². The molecule has 0 bridgehead atoms. The maximum Gasteiger partial charge on any atom is 0.129 e. The van der Waals surface area contributed by atoms with E-state index in [2.05, 4.69) is 5.10 Å². The van der Waals surface area contributed by atoms with Crippen molar-refractivity contribution in [3.05, 3.63) is 58.6 Å². The van der Waals surface area contributed by atoms with Gasteiger partial charge in [0.25, 0.3) is 0 Å². The number of nitrogens with zero attached hydrogens (tertiary/aromatic N) is 2. The third-order valence-electron chi connectivity index (χ3n) is 3.29. The van der Waals surface area contributed by atoms with Crippen molar-refractivity contribution in [3.63, 3.8) is 0 Å². The van der Waals surface area contributed by atoms with Crippen LogP contribution in [0, 0.1) is 0 Å². The Morgan fingerprint density at radius 3 is 2.19 bits per heavy atom. The van der Waals surface area contributed by atoms with Gasteiger partial charge in [-0.1, -0.05) is 53.5 Å². The molecule has 3 rings (SSSR count). The van der Waals surface area contributed by atoms with Crippen LogP contribution in [0.5, 0.6) is 0 Å². The average Bonchev–Trinajstić information content (AvgIpc) is 2.75. The Labute approximate surface area is 132 Å². The summed E-state index contributed by atoms with van der Waals surface area (Å²) in [6.07, 6.45) is 0. The molecule has 0 aliphatic heterocycles. The first-order valence-corrected chi connectivity index (χ1v) is 7.16. The molecule has 0 unspecified atom stereocenters. The Bertz CT molecular complexity index is 775. The summed E-state index contributed by atoms with van der Waals surface area (Å²) in [6, 6.07) is 15.3. The van der Waals surface area contributed by atoms with Crippen LogP contribution >= 0.6 is 23.2 Å². The third-order valence-corrected chi connectivity index (χ3v) is 3.73. The van der Waals surface area contributed by atoms with Gasteiger partial charge in [-0.15, -0.1) is 0 Å². The number of hydrogen-bond donors (Lipinski definition) is 1. The number of nitrogen functional groups attached to an aromatic ring is 1. The van der Waals surface area contributed by atoms with Crippen LogP contribution in [0.2, 0.25) is 10.0 Å². The predicted octanol–water partition coefficient (Wildman–Crippen LogP) is 4.64. The number of aromatic nitrogens is 2. The second-order valence-corrected chi connectivity index (χ2v) is 5.63. The molecule has 3 aromatic rings. The first-order chi connectivity index (χ1) is 10.1. The van der Waals surface area contributed by atoms with Crippen LogP contribution in [-0.4, -0.2) is 9.78 Å². The van der Waals surface area contributed by atoms with E-state index in [-0.39, 0.29) is 0 Å². The first kappa shape index (κ1) is 14.0. The highest BCUT2D eigenvalue weighted by Gasteiger charge is 2.17. The van der Waals surface area contributed by atoms with E-state index in [1.807, 2.05) is 49.5 Å². The summed E-state index contributed by atoms with van der Waals surface area (Å²) < 4.78 is 1.66. The minimum absolute atomic E-state index is 0.570. The smallest absolute Gasteiger partial charge is 0.129 e. The van der Waals surface area contributed by atoms with Gasteiger partial charge in [0.05, 0.1) is 5.56 Å². The van der Waals surface area contributed by atoms with E-state index in [1.165, 1.54) is 0 Å². The fourth-order valence-electron chi connectivity index (χ4n) is 2.32. The largest absolute Gasteiger partial charge is 0.383 e. The summed E-state index contributed by atoms with van der Waals surface area (Å²) >= 11 is 12.2. The highest BCUT2D eigenvalue weighted by Crippen LogP contribution is 2.37. The zero-order valence-electron chi connectivity index (χ0n) is 11.3. The monoisotopic (exact) mass is 317 g/mol. The van der Waals surface area contributed by atoms with Gasteiger partial charge >= 0.3 is 0 Å². The molecule has 0 amide bonds. The van der Waals surface area contributed by atoms with E-state index in [0.29, 0.717) is 15.9 Å². The summed E-state index contributed by atoms with van der Waals surface area (Å²) in [6.45, 7) is 0. The summed E-state index contributed by atoms with van der Waals surface area (Å²) in [5.74, 6) is 0.604.